The molecule has 2 aromatic carbocycles. The molecule has 3 aromatic rings. The monoisotopic (exact) mass is 418 g/mol. The Balaban J connectivity index is 2.14. The molecule has 1 aromatic heterocycles. The van der Waals surface area contributed by atoms with Crippen LogP contribution in [0, 0.1) is 0 Å². The quantitative estimate of drug-likeness (QED) is 0.468. The number of halogens is 4. The standard InChI is InChI=1S/C16H10Cl4N2OS/c1-23-9-6-7-10(17)13(8-9)24-15-14(16(18,19)20)21-11-4-2-3-5-12(11)22-15/h2-8H,1H3. The van der Waals surface area contributed by atoms with Gasteiger partial charge in [-0.15, -0.1) is 0 Å². The molecule has 0 N–H and O–H groups in total. The van der Waals surface area contributed by atoms with E-state index < -0.39 is 3.79 Å². The highest BCUT2D eigenvalue weighted by Crippen LogP contribution is 2.44. The molecular formula is C16H10Cl4N2OS. The van der Waals surface area contributed by atoms with Crippen LogP contribution < -0.4 is 4.74 Å². The third-order valence-corrected chi connectivity index (χ3v) is 5.17. The first-order valence-electron chi connectivity index (χ1n) is 6.74. The molecule has 8 heteroatoms. The van der Waals surface area contributed by atoms with Gasteiger partial charge < -0.3 is 4.74 Å². The average Bonchev–Trinajstić information content (AvgIpc) is 2.55. The van der Waals surface area contributed by atoms with Crippen molar-refractivity contribution < 1.29 is 4.74 Å². The predicted molar refractivity (Wildman–Crippen MR) is 101 cm³/mol. The molecule has 0 amide bonds. The number of alkyl halides is 3. The van der Waals surface area contributed by atoms with Crippen LogP contribution in [-0.2, 0) is 3.79 Å². The van der Waals surface area contributed by atoms with Crippen LogP contribution >= 0.6 is 58.2 Å². The van der Waals surface area contributed by atoms with Crippen LogP contribution in [0.4, 0.5) is 0 Å². The van der Waals surface area contributed by atoms with E-state index in [2.05, 4.69) is 9.97 Å². The first-order chi connectivity index (χ1) is 11.4. The molecule has 0 bridgehead atoms. The second-order valence-electron chi connectivity index (χ2n) is 4.76. The fraction of sp³-hybridized carbons (Fsp3) is 0.125. The Labute approximate surface area is 163 Å². The third-order valence-electron chi connectivity index (χ3n) is 3.15. The topological polar surface area (TPSA) is 35.0 Å². The fourth-order valence-corrected chi connectivity index (χ4v) is 3.82. The van der Waals surface area contributed by atoms with E-state index >= 15 is 0 Å². The lowest BCUT2D eigenvalue weighted by Gasteiger charge is -2.16. The molecule has 0 spiro atoms. The van der Waals surface area contributed by atoms with Crippen LogP contribution in [0.15, 0.2) is 52.4 Å². The van der Waals surface area contributed by atoms with Gasteiger partial charge in [0.1, 0.15) is 16.5 Å². The number of hydrogen-bond donors (Lipinski definition) is 0. The molecule has 0 saturated carbocycles. The maximum absolute atomic E-state index is 6.26. The summed E-state index contributed by atoms with van der Waals surface area (Å²) in [6.45, 7) is 0. The van der Waals surface area contributed by atoms with Crippen molar-refractivity contribution in [2.75, 3.05) is 7.11 Å². The number of hydrogen-bond acceptors (Lipinski definition) is 4. The zero-order valence-electron chi connectivity index (χ0n) is 12.3. The summed E-state index contributed by atoms with van der Waals surface area (Å²) in [5.41, 5.74) is 1.62. The van der Waals surface area contributed by atoms with Gasteiger partial charge in [-0.05, 0) is 30.3 Å². The second-order valence-corrected chi connectivity index (χ2v) is 8.48. The van der Waals surface area contributed by atoms with E-state index in [1.807, 2.05) is 24.3 Å². The predicted octanol–water partition coefficient (Wildman–Crippen LogP) is 6.27. The summed E-state index contributed by atoms with van der Waals surface area (Å²) in [5.74, 6) is 0.672. The number of methoxy groups -OCH3 is 1. The second kappa shape index (κ2) is 7.14. The number of fused-ring (bicyclic) bond motifs is 1. The SMILES string of the molecule is COc1ccc(Cl)c(Sc2nc3ccccc3nc2C(Cl)(Cl)Cl)c1. The molecule has 0 radical (unpaired) electrons. The van der Waals surface area contributed by atoms with Gasteiger partial charge in [0.05, 0.1) is 23.2 Å². The summed E-state index contributed by atoms with van der Waals surface area (Å²) in [6.07, 6.45) is 0. The minimum Gasteiger partial charge on any atom is -0.497 e. The van der Waals surface area contributed by atoms with E-state index in [0.29, 0.717) is 26.8 Å². The van der Waals surface area contributed by atoms with E-state index in [1.54, 1.807) is 25.3 Å². The summed E-state index contributed by atoms with van der Waals surface area (Å²) in [5, 5.41) is 1.02. The van der Waals surface area contributed by atoms with E-state index in [4.69, 9.17) is 51.1 Å². The van der Waals surface area contributed by atoms with Crippen LogP contribution in [0.2, 0.25) is 5.02 Å². The fourth-order valence-electron chi connectivity index (χ4n) is 2.03. The van der Waals surface area contributed by atoms with Gasteiger partial charge in [0.2, 0.25) is 3.79 Å². The van der Waals surface area contributed by atoms with Crippen LogP contribution in [-0.4, -0.2) is 17.1 Å². The number of nitrogens with zero attached hydrogens (tertiary/aromatic N) is 2. The Bertz CT molecular complexity index is 899. The van der Waals surface area contributed by atoms with E-state index in [9.17, 15) is 0 Å². The van der Waals surface area contributed by atoms with Crippen LogP contribution in [0.3, 0.4) is 0 Å². The molecule has 24 heavy (non-hydrogen) atoms. The largest absolute Gasteiger partial charge is 0.497 e. The van der Waals surface area contributed by atoms with E-state index in [-0.39, 0.29) is 5.69 Å². The molecular weight excluding hydrogens is 410 g/mol. The number of aromatic nitrogens is 2. The lowest BCUT2D eigenvalue weighted by atomic mass is 10.3. The smallest absolute Gasteiger partial charge is 0.235 e. The zero-order chi connectivity index (χ0) is 17.3. The summed E-state index contributed by atoms with van der Waals surface area (Å²) >= 11 is 25.8. The van der Waals surface area contributed by atoms with Gasteiger partial charge in [-0.1, -0.05) is 70.3 Å². The minimum absolute atomic E-state index is 0.259. The number of benzene rings is 2. The molecule has 3 rings (SSSR count). The van der Waals surface area contributed by atoms with Gasteiger partial charge in [0.15, 0.2) is 0 Å². The molecule has 0 atom stereocenters. The number of ether oxygens (including phenoxy) is 1. The van der Waals surface area contributed by atoms with Crippen molar-refractivity contribution in [3.8, 4) is 5.75 Å². The Morgan fingerprint density at radius 3 is 2.29 bits per heavy atom. The molecule has 3 nitrogen and oxygen atoms in total. The maximum atomic E-state index is 6.26. The van der Waals surface area contributed by atoms with Gasteiger partial charge >= 0.3 is 0 Å². The first kappa shape index (κ1) is 17.9. The van der Waals surface area contributed by atoms with E-state index in [0.717, 1.165) is 4.90 Å². The average molecular weight is 420 g/mol. The van der Waals surface area contributed by atoms with Crippen molar-refractivity contribution in [3.05, 3.63) is 53.2 Å². The van der Waals surface area contributed by atoms with Gasteiger partial charge in [-0.25, -0.2) is 9.97 Å². The lowest BCUT2D eigenvalue weighted by Crippen LogP contribution is -2.08. The van der Waals surface area contributed by atoms with Gasteiger partial charge in [-0.2, -0.15) is 0 Å². The highest BCUT2D eigenvalue weighted by molar-refractivity contribution is 7.99. The zero-order valence-corrected chi connectivity index (χ0v) is 16.1. The Kier molecular flexibility index (Phi) is 5.33. The highest BCUT2D eigenvalue weighted by atomic mass is 35.6. The molecule has 0 unspecified atom stereocenters. The Morgan fingerprint density at radius 2 is 1.67 bits per heavy atom. The highest BCUT2D eigenvalue weighted by Gasteiger charge is 2.30. The number of rotatable bonds is 3. The summed E-state index contributed by atoms with van der Waals surface area (Å²) < 4.78 is 3.53. The van der Waals surface area contributed by atoms with Crippen molar-refractivity contribution in [2.45, 2.75) is 13.7 Å². The lowest BCUT2D eigenvalue weighted by molar-refractivity contribution is 0.413. The summed E-state index contributed by atoms with van der Waals surface area (Å²) in [4.78, 5) is 9.78. The van der Waals surface area contributed by atoms with E-state index in [1.165, 1.54) is 11.8 Å². The van der Waals surface area contributed by atoms with Crippen LogP contribution in [0.1, 0.15) is 5.69 Å². The van der Waals surface area contributed by atoms with Crippen LogP contribution in [0.25, 0.3) is 11.0 Å². The normalized spacial score (nSPS) is 11.7. The Morgan fingerprint density at radius 1 is 1.00 bits per heavy atom. The molecule has 124 valence electrons. The van der Waals surface area contributed by atoms with Crippen molar-refractivity contribution in [2.24, 2.45) is 0 Å². The maximum Gasteiger partial charge on any atom is 0.235 e. The van der Waals surface area contributed by atoms with Crippen molar-refractivity contribution in [1.82, 2.24) is 9.97 Å². The van der Waals surface area contributed by atoms with Gasteiger partial charge in [0.25, 0.3) is 0 Å². The Hall–Kier alpha value is -0.910. The van der Waals surface area contributed by atoms with Crippen LogP contribution in [0.5, 0.6) is 5.75 Å². The molecule has 0 aliphatic carbocycles. The van der Waals surface area contributed by atoms with Gasteiger partial charge in [0, 0.05) is 4.90 Å². The summed E-state index contributed by atoms with van der Waals surface area (Å²) in [7, 11) is 1.58. The third kappa shape index (κ3) is 3.84. The number of para-hydroxylation sites is 2. The van der Waals surface area contributed by atoms with Crippen molar-refractivity contribution in [1.29, 1.82) is 0 Å². The summed E-state index contributed by atoms with van der Waals surface area (Å²) in [6, 6.07) is 12.7. The molecule has 0 aliphatic rings. The molecule has 0 fully saturated rings. The molecule has 0 saturated heterocycles. The minimum atomic E-state index is -1.70. The van der Waals surface area contributed by atoms with Crippen molar-refractivity contribution >= 4 is 69.2 Å². The first-order valence-corrected chi connectivity index (χ1v) is 9.06. The molecule has 1 heterocycles. The molecule has 0 aliphatic heterocycles. The van der Waals surface area contributed by atoms with Crippen molar-refractivity contribution in [3.63, 3.8) is 0 Å². The van der Waals surface area contributed by atoms with Gasteiger partial charge in [-0.3, -0.25) is 0 Å².